The van der Waals surface area contributed by atoms with Gasteiger partial charge in [0.05, 0.1) is 11.2 Å². The number of phenolic OH excluding ortho intramolecular Hbond substituents is 1. The molecule has 1 aromatic carbocycles. The zero-order valence-electron chi connectivity index (χ0n) is 23.5. The number of nitrogens with zero attached hydrogens (tertiary/aromatic N) is 4. The van der Waals surface area contributed by atoms with Crippen LogP contribution in [0.4, 0.5) is 10.2 Å². The van der Waals surface area contributed by atoms with Crippen molar-refractivity contribution in [1.29, 1.82) is 0 Å². The van der Waals surface area contributed by atoms with Crippen LogP contribution in [0.15, 0.2) is 12.1 Å². The fourth-order valence-electron chi connectivity index (χ4n) is 9.77. The number of phenols is 1. The second-order valence-corrected chi connectivity index (χ2v) is 14.4. The first-order chi connectivity index (χ1) is 19.3. The summed E-state index contributed by atoms with van der Waals surface area (Å²) in [6.07, 6.45) is 9.55. The van der Waals surface area contributed by atoms with Gasteiger partial charge in [-0.15, -0.1) is 0 Å². The minimum Gasteiger partial charge on any atom is -0.508 e. The fourth-order valence-corrected chi connectivity index (χ4v) is 10.2. The summed E-state index contributed by atoms with van der Waals surface area (Å²) < 4.78 is 20.9. The molecule has 1 saturated carbocycles. The number of benzene rings is 1. The lowest BCUT2D eigenvalue weighted by Crippen LogP contribution is -2.44. The van der Waals surface area contributed by atoms with E-state index in [1.807, 2.05) is 6.07 Å². The lowest BCUT2D eigenvalue weighted by atomic mass is 9.69. The Morgan fingerprint density at radius 1 is 1.12 bits per heavy atom. The molecule has 0 amide bonds. The number of anilines is 1. The normalized spacial score (nSPS) is 36.2. The standard InChI is InChI=1S/C32H40ClFN4O2/c1-19-12-31(25-10-23(39)11-26(33)28(19)25)7-5-24-27(14-31)35-30(36-29(24)37-15-20-3-4-21(9-20)16-37)40-18-32-6-2-8-38(32)17-22(34)13-32/h10-11,19-22,39H,2-9,12-18H2,1H3/t19-,20?,21?,22+,31+,32-/m0/s1. The second-order valence-electron chi connectivity index (χ2n) is 14.0. The van der Waals surface area contributed by atoms with Gasteiger partial charge in [0, 0.05) is 48.5 Å². The number of hydrogen-bond donors (Lipinski definition) is 1. The van der Waals surface area contributed by atoms with Crippen LogP contribution in [0.5, 0.6) is 11.8 Å². The minimum atomic E-state index is -0.778. The van der Waals surface area contributed by atoms with E-state index in [9.17, 15) is 9.50 Å². The van der Waals surface area contributed by atoms with Crippen LogP contribution in [0, 0.1) is 11.8 Å². The molecule has 4 fully saturated rings. The Balaban J connectivity index is 1.16. The summed E-state index contributed by atoms with van der Waals surface area (Å²) >= 11 is 6.67. The topological polar surface area (TPSA) is 61.7 Å². The van der Waals surface area contributed by atoms with Crippen molar-refractivity contribution >= 4 is 17.4 Å². The molecule has 1 N–H and O–H groups in total. The van der Waals surface area contributed by atoms with E-state index >= 15 is 0 Å². The number of aromatic hydroxyl groups is 1. The zero-order chi connectivity index (χ0) is 27.2. The number of alkyl halides is 1. The Morgan fingerprint density at radius 2 is 1.95 bits per heavy atom. The van der Waals surface area contributed by atoms with Gasteiger partial charge < -0.3 is 14.7 Å². The van der Waals surface area contributed by atoms with E-state index in [-0.39, 0.29) is 16.7 Å². The summed E-state index contributed by atoms with van der Waals surface area (Å²) in [6, 6.07) is 4.08. The van der Waals surface area contributed by atoms with Gasteiger partial charge in [-0.05, 0) is 98.9 Å². The maximum Gasteiger partial charge on any atom is 0.318 e. The second kappa shape index (κ2) is 9.19. The Morgan fingerprint density at radius 3 is 2.77 bits per heavy atom. The first kappa shape index (κ1) is 25.6. The van der Waals surface area contributed by atoms with Crippen LogP contribution in [0.3, 0.4) is 0 Å². The molecule has 6 atom stereocenters. The maximum atomic E-state index is 14.4. The van der Waals surface area contributed by atoms with E-state index in [2.05, 4.69) is 16.7 Å². The predicted molar refractivity (Wildman–Crippen MR) is 153 cm³/mol. The van der Waals surface area contributed by atoms with E-state index in [1.54, 1.807) is 6.07 Å². The van der Waals surface area contributed by atoms with Gasteiger partial charge in [-0.1, -0.05) is 18.5 Å². The van der Waals surface area contributed by atoms with Crippen molar-refractivity contribution in [3.05, 3.63) is 39.5 Å². The predicted octanol–water partition coefficient (Wildman–Crippen LogP) is 5.96. The molecule has 3 aliphatic heterocycles. The molecule has 2 aromatic rings. The quantitative estimate of drug-likeness (QED) is 0.493. The van der Waals surface area contributed by atoms with Gasteiger partial charge in [-0.2, -0.15) is 9.97 Å². The van der Waals surface area contributed by atoms with Crippen molar-refractivity contribution in [3.8, 4) is 11.8 Å². The Labute approximate surface area is 241 Å². The van der Waals surface area contributed by atoms with Crippen LogP contribution in [0.25, 0.3) is 0 Å². The van der Waals surface area contributed by atoms with Crippen LogP contribution in [-0.4, -0.2) is 64.5 Å². The molecule has 2 unspecified atom stereocenters. The molecule has 3 aliphatic carbocycles. The highest BCUT2D eigenvalue weighted by molar-refractivity contribution is 6.31. The van der Waals surface area contributed by atoms with Gasteiger partial charge in [-0.3, -0.25) is 4.90 Å². The minimum absolute atomic E-state index is 0.0954. The molecule has 0 radical (unpaired) electrons. The fraction of sp³-hybridized carbons (Fsp3) is 0.688. The van der Waals surface area contributed by atoms with Gasteiger partial charge >= 0.3 is 6.01 Å². The van der Waals surface area contributed by atoms with Crippen LogP contribution >= 0.6 is 11.6 Å². The third kappa shape index (κ3) is 3.97. The van der Waals surface area contributed by atoms with Crippen molar-refractivity contribution in [2.24, 2.45) is 11.8 Å². The van der Waals surface area contributed by atoms with Crippen molar-refractivity contribution in [1.82, 2.24) is 14.9 Å². The lowest BCUT2D eigenvalue weighted by molar-refractivity contribution is 0.107. The Kier molecular flexibility index (Phi) is 5.88. The van der Waals surface area contributed by atoms with Crippen molar-refractivity contribution < 1.29 is 14.2 Å². The molecule has 6 aliphatic rings. The summed E-state index contributed by atoms with van der Waals surface area (Å²) in [4.78, 5) is 15.0. The molecule has 8 heteroatoms. The highest BCUT2D eigenvalue weighted by atomic mass is 35.5. The number of rotatable bonds is 4. The average Bonchev–Trinajstić information content (AvgIpc) is 3.62. The number of aromatic nitrogens is 2. The molecule has 3 saturated heterocycles. The molecule has 4 heterocycles. The van der Waals surface area contributed by atoms with E-state index in [1.165, 1.54) is 36.0 Å². The van der Waals surface area contributed by atoms with Gasteiger partial charge in [0.2, 0.25) is 0 Å². The first-order valence-electron chi connectivity index (χ1n) is 15.5. The van der Waals surface area contributed by atoms with Crippen LogP contribution < -0.4 is 9.64 Å². The molecule has 2 bridgehead atoms. The first-order valence-corrected chi connectivity index (χ1v) is 15.9. The third-order valence-electron chi connectivity index (χ3n) is 11.4. The molecule has 214 valence electrons. The van der Waals surface area contributed by atoms with Crippen molar-refractivity contribution in [2.75, 3.05) is 37.7 Å². The number of hydrogen-bond acceptors (Lipinski definition) is 6. The number of fused-ring (bicyclic) bond motifs is 6. The summed E-state index contributed by atoms with van der Waals surface area (Å²) in [6.45, 7) is 6.30. The summed E-state index contributed by atoms with van der Waals surface area (Å²) in [5.41, 5.74) is 4.41. The number of halogens is 2. The highest BCUT2D eigenvalue weighted by Gasteiger charge is 2.50. The van der Waals surface area contributed by atoms with E-state index in [0.29, 0.717) is 36.5 Å². The van der Waals surface area contributed by atoms with E-state index in [4.69, 9.17) is 26.3 Å². The number of piperidine rings is 1. The lowest BCUT2D eigenvalue weighted by Gasteiger charge is -2.39. The summed E-state index contributed by atoms with van der Waals surface area (Å²) in [7, 11) is 0. The molecule has 1 aromatic heterocycles. The summed E-state index contributed by atoms with van der Waals surface area (Å²) in [5.74, 6) is 3.15. The number of ether oxygens (including phenoxy) is 1. The van der Waals surface area contributed by atoms with Gasteiger partial charge in [0.1, 0.15) is 24.3 Å². The van der Waals surface area contributed by atoms with Gasteiger partial charge in [0.25, 0.3) is 0 Å². The zero-order valence-corrected chi connectivity index (χ0v) is 24.2. The van der Waals surface area contributed by atoms with Crippen LogP contribution in [-0.2, 0) is 18.3 Å². The molecule has 40 heavy (non-hydrogen) atoms. The smallest absolute Gasteiger partial charge is 0.318 e. The Hall–Kier alpha value is -2.12. The van der Waals surface area contributed by atoms with Crippen molar-refractivity contribution in [2.45, 2.75) is 94.2 Å². The SMILES string of the molecule is C[C@H]1C[C@@]2(CCc3c(nc(OC[C@@]45CCCN4C[C@H](F)C5)nc3N3CC4CCC(C4)C3)C2)c2cc(O)cc(Cl)c21. The van der Waals surface area contributed by atoms with Crippen molar-refractivity contribution in [3.63, 3.8) is 0 Å². The molecular weight excluding hydrogens is 527 g/mol. The van der Waals surface area contributed by atoms with E-state index < -0.39 is 6.17 Å². The largest absolute Gasteiger partial charge is 0.508 e. The van der Waals surface area contributed by atoms with Crippen LogP contribution in [0.1, 0.15) is 86.6 Å². The third-order valence-corrected chi connectivity index (χ3v) is 11.7. The maximum absolute atomic E-state index is 14.4. The van der Waals surface area contributed by atoms with Gasteiger partial charge in [0.15, 0.2) is 0 Å². The average molecular weight is 567 g/mol. The summed E-state index contributed by atoms with van der Waals surface area (Å²) in [5, 5.41) is 11.2. The van der Waals surface area contributed by atoms with E-state index in [0.717, 1.165) is 81.5 Å². The molecule has 1 spiro atoms. The van der Waals surface area contributed by atoms with Gasteiger partial charge in [-0.25, -0.2) is 4.39 Å². The molecule has 8 rings (SSSR count). The molecular formula is C32H40ClFN4O2. The monoisotopic (exact) mass is 566 g/mol. The Bertz CT molecular complexity index is 1340. The van der Waals surface area contributed by atoms with Crippen LogP contribution in [0.2, 0.25) is 5.02 Å². The highest BCUT2D eigenvalue weighted by Crippen LogP contribution is 2.56. The molecule has 6 nitrogen and oxygen atoms in total.